The van der Waals surface area contributed by atoms with Gasteiger partial charge in [0.1, 0.15) is 5.82 Å². The molecule has 0 aliphatic carbocycles. The number of hydrogen-bond acceptors (Lipinski definition) is 6. The topological polar surface area (TPSA) is 93.4 Å². The van der Waals surface area contributed by atoms with Crippen molar-refractivity contribution in [3.63, 3.8) is 0 Å². The SMILES string of the molecule is COc1cc(NCC(=O)N2CCCC2)nc(N)n1. The Labute approximate surface area is 105 Å². The third-order valence-electron chi connectivity index (χ3n) is 2.81. The summed E-state index contributed by atoms with van der Waals surface area (Å²) in [5.41, 5.74) is 5.53. The zero-order valence-corrected chi connectivity index (χ0v) is 10.3. The molecule has 18 heavy (non-hydrogen) atoms. The smallest absolute Gasteiger partial charge is 0.241 e. The maximum Gasteiger partial charge on any atom is 0.241 e. The fourth-order valence-electron chi connectivity index (χ4n) is 1.88. The number of likely N-dealkylation sites (tertiary alicyclic amines) is 1. The van der Waals surface area contributed by atoms with Crippen LogP contribution in [0.15, 0.2) is 6.07 Å². The van der Waals surface area contributed by atoms with Crippen LogP contribution in [0.5, 0.6) is 5.88 Å². The van der Waals surface area contributed by atoms with Crippen LogP contribution < -0.4 is 15.8 Å². The van der Waals surface area contributed by atoms with Crippen LogP contribution >= 0.6 is 0 Å². The largest absolute Gasteiger partial charge is 0.481 e. The first-order chi connectivity index (χ1) is 8.69. The molecule has 0 atom stereocenters. The number of nitrogens with zero attached hydrogens (tertiary/aromatic N) is 3. The number of aromatic nitrogens is 2. The average Bonchev–Trinajstić information content (AvgIpc) is 2.89. The van der Waals surface area contributed by atoms with Gasteiger partial charge in [-0.3, -0.25) is 4.79 Å². The van der Waals surface area contributed by atoms with E-state index >= 15 is 0 Å². The normalized spacial score (nSPS) is 14.6. The first-order valence-electron chi connectivity index (χ1n) is 5.89. The van der Waals surface area contributed by atoms with E-state index in [4.69, 9.17) is 10.5 Å². The minimum Gasteiger partial charge on any atom is -0.481 e. The molecule has 0 radical (unpaired) electrons. The Hall–Kier alpha value is -2.05. The molecule has 1 saturated heterocycles. The molecule has 1 aromatic heterocycles. The van der Waals surface area contributed by atoms with Gasteiger partial charge in [-0.15, -0.1) is 0 Å². The van der Waals surface area contributed by atoms with Crippen LogP contribution in [-0.4, -0.2) is 47.5 Å². The van der Waals surface area contributed by atoms with E-state index in [2.05, 4.69) is 15.3 Å². The van der Waals surface area contributed by atoms with Crippen molar-refractivity contribution in [2.45, 2.75) is 12.8 Å². The zero-order chi connectivity index (χ0) is 13.0. The van der Waals surface area contributed by atoms with Gasteiger partial charge in [-0.2, -0.15) is 9.97 Å². The van der Waals surface area contributed by atoms with E-state index < -0.39 is 0 Å². The van der Waals surface area contributed by atoms with Crippen LogP contribution in [-0.2, 0) is 4.79 Å². The van der Waals surface area contributed by atoms with Crippen LogP contribution in [0.25, 0.3) is 0 Å². The molecule has 3 N–H and O–H groups in total. The molecule has 1 fully saturated rings. The number of carbonyl (C=O) groups is 1. The van der Waals surface area contributed by atoms with E-state index in [0.29, 0.717) is 11.7 Å². The predicted octanol–water partition coefficient (Wildman–Crippen LogP) is 0.102. The first-order valence-corrected chi connectivity index (χ1v) is 5.89. The summed E-state index contributed by atoms with van der Waals surface area (Å²) in [6, 6.07) is 1.60. The molecule has 98 valence electrons. The van der Waals surface area contributed by atoms with Crippen molar-refractivity contribution in [1.82, 2.24) is 14.9 Å². The Morgan fingerprint density at radius 3 is 2.89 bits per heavy atom. The van der Waals surface area contributed by atoms with E-state index in [1.54, 1.807) is 6.07 Å². The van der Waals surface area contributed by atoms with E-state index in [0.717, 1.165) is 25.9 Å². The second kappa shape index (κ2) is 5.52. The summed E-state index contributed by atoms with van der Waals surface area (Å²) >= 11 is 0. The highest BCUT2D eigenvalue weighted by Gasteiger charge is 2.17. The molecule has 1 aromatic rings. The Morgan fingerprint density at radius 2 is 2.22 bits per heavy atom. The lowest BCUT2D eigenvalue weighted by Gasteiger charge is -2.15. The molecule has 1 aliphatic rings. The summed E-state index contributed by atoms with van der Waals surface area (Å²) in [6.45, 7) is 1.89. The maximum atomic E-state index is 11.8. The van der Waals surface area contributed by atoms with Gasteiger partial charge in [0.2, 0.25) is 17.7 Å². The van der Waals surface area contributed by atoms with Crippen LogP contribution in [0.4, 0.5) is 11.8 Å². The van der Waals surface area contributed by atoms with Crippen molar-refractivity contribution in [3.8, 4) is 5.88 Å². The van der Waals surface area contributed by atoms with Gasteiger partial charge in [0.25, 0.3) is 0 Å². The van der Waals surface area contributed by atoms with Crippen molar-refractivity contribution in [2.24, 2.45) is 0 Å². The van der Waals surface area contributed by atoms with E-state index in [1.165, 1.54) is 7.11 Å². The van der Waals surface area contributed by atoms with Crippen LogP contribution in [0.3, 0.4) is 0 Å². The summed E-state index contributed by atoms with van der Waals surface area (Å²) in [6.07, 6.45) is 2.17. The second-order valence-electron chi connectivity index (χ2n) is 4.10. The molecular weight excluding hydrogens is 234 g/mol. The molecule has 1 amide bonds. The van der Waals surface area contributed by atoms with Crippen LogP contribution in [0.1, 0.15) is 12.8 Å². The molecule has 0 saturated carbocycles. The fraction of sp³-hybridized carbons (Fsp3) is 0.545. The summed E-state index contributed by atoms with van der Waals surface area (Å²) < 4.78 is 4.98. The Kier molecular flexibility index (Phi) is 3.81. The van der Waals surface area contributed by atoms with Crippen molar-refractivity contribution in [3.05, 3.63) is 6.07 Å². The molecule has 7 heteroatoms. The third-order valence-corrected chi connectivity index (χ3v) is 2.81. The summed E-state index contributed by atoms with van der Waals surface area (Å²) in [4.78, 5) is 21.5. The predicted molar refractivity (Wildman–Crippen MR) is 67.3 cm³/mol. The van der Waals surface area contributed by atoms with Gasteiger partial charge in [0.15, 0.2) is 0 Å². The summed E-state index contributed by atoms with van der Waals surface area (Å²) in [5, 5.41) is 2.93. The molecule has 0 unspecified atom stereocenters. The monoisotopic (exact) mass is 251 g/mol. The van der Waals surface area contributed by atoms with Gasteiger partial charge >= 0.3 is 0 Å². The van der Waals surface area contributed by atoms with Gasteiger partial charge < -0.3 is 20.7 Å². The number of hydrogen-bond donors (Lipinski definition) is 2. The van der Waals surface area contributed by atoms with Crippen LogP contribution in [0, 0.1) is 0 Å². The quantitative estimate of drug-likeness (QED) is 0.788. The van der Waals surface area contributed by atoms with Gasteiger partial charge in [0, 0.05) is 19.2 Å². The standard InChI is InChI=1S/C11H17N5O2/c1-18-9-6-8(14-11(12)15-9)13-7-10(17)16-4-2-3-5-16/h6H,2-5,7H2,1H3,(H3,12,13,14,15). The minimum absolute atomic E-state index is 0.0728. The number of anilines is 2. The maximum absolute atomic E-state index is 11.8. The van der Waals surface area contributed by atoms with Crippen molar-refractivity contribution < 1.29 is 9.53 Å². The van der Waals surface area contributed by atoms with Gasteiger partial charge in [-0.1, -0.05) is 0 Å². The van der Waals surface area contributed by atoms with E-state index in [1.807, 2.05) is 4.90 Å². The van der Waals surface area contributed by atoms with Gasteiger partial charge in [-0.25, -0.2) is 0 Å². The van der Waals surface area contributed by atoms with Crippen molar-refractivity contribution >= 4 is 17.7 Å². The molecule has 0 aromatic carbocycles. The van der Waals surface area contributed by atoms with E-state index in [9.17, 15) is 4.79 Å². The number of nitrogen functional groups attached to an aromatic ring is 1. The van der Waals surface area contributed by atoms with Crippen molar-refractivity contribution in [2.75, 3.05) is 37.8 Å². The number of rotatable bonds is 4. The summed E-state index contributed by atoms with van der Waals surface area (Å²) in [5.74, 6) is 1.06. The number of carbonyl (C=O) groups excluding carboxylic acids is 1. The van der Waals surface area contributed by atoms with Crippen molar-refractivity contribution in [1.29, 1.82) is 0 Å². The molecule has 2 rings (SSSR count). The minimum atomic E-state index is 0.0728. The third kappa shape index (κ3) is 2.99. The van der Waals surface area contributed by atoms with E-state index in [-0.39, 0.29) is 18.4 Å². The Bertz CT molecular complexity index is 431. The lowest BCUT2D eigenvalue weighted by Crippen LogP contribution is -2.33. The Balaban J connectivity index is 1.92. The highest BCUT2D eigenvalue weighted by atomic mass is 16.5. The van der Waals surface area contributed by atoms with Gasteiger partial charge in [0.05, 0.1) is 13.7 Å². The number of nitrogens with one attached hydrogen (secondary N) is 1. The molecule has 1 aliphatic heterocycles. The molecule has 0 bridgehead atoms. The molecule has 2 heterocycles. The highest BCUT2D eigenvalue weighted by molar-refractivity contribution is 5.80. The van der Waals surface area contributed by atoms with Gasteiger partial charge in [-0.05, 0) is 12.8 Å². The lowest BCUT2D eigenvalue weighted by atomic mass is 10.4. The average molecular weight is 251 g/mol. The summed E-state index contributed by atoms with van der Waals surface area (Å²) in [7, 11) is 1.50. The Morgan fingerprint density at radius 1 is 1.50 bits per heavy atom. The van der Waals surface area contributed by atoms with Crippen LogP contribution in [0.2, 0.25) is 0 Å². The highest BCUT2D eigenvalue weighted by Crippen LogP contribution is 2.14. The molecule has 7 nitrogen and oxygen atoms in total. The number of ether oxygens (including phenoxy) is 1. The fourth-order valence-corrected chi connectivity index (χ4v) is 1.88. The molecular formula is C11H17N5O2. The second-order valence-corrected chi connectivity index (χ2v) is 4.10. The number of nitrogens with two attached hydrogens (primary N) is 1. The molecule has 0 spiro atoms. The number of amides is 1. The first kappa shape index (κ1) is 12.4. The number of methoxy groups -OCH3 is 1. The lowest BCUT2D eigenvalue weighted by molar-refractivity contribution is -0.128. The zero-order valence-electron chi connectivity index (χ0n) is 10.3.